The quantitative estimate of drug-likeness (QED) is 0.710. The van der Waals surface area contributed by atoms with Gasteiger partial charge in [0.05, 0.1) is 6.67 Å². The van der Waals surface area contributed by atoms with Crippen LogP contribution in [0.3, 0.4) is 0 Å². The van der Waals surface area contributed by atoms with Crippen LogP contribution in [0.2, 0.25) is 0 Å². The first-order chi connectivity index (χ1) is 9.40. The van der Waals surface area contributed by atoms with Crippen LogP contribution in [-0.2, 0) is 12.8 Å². The second kappa shape index (κ2) is 8.10. The van der Waals surface area contributed by atoms with Gasteiger partial charge in [-0.2, -0.15) is 0 Å². The minimum absolute atomic E-state index is 0.223. The van der Waals surface area contributed by atoms with Gasteiger partial charge in [0.2, 0.25) is 0 Å². The molecule has 0 saturated carbocycles. The molecule has 0 radical (unpaired) electrons. The van der Waals surface area contributed by atoms with Crippen molar-refractivity contribution >= 4 is 5.82 Å². The van der Waals surface area contributed by atoms with Crippen molar-refractivity contribution in [1.29, 1.82) is 0 Å². The standard InChI is InChI=1S/C15H24FN3/c16-9-4-11-17-10-2-1-6-14-8-7-13-5-3-12-18-15(13)19-14/h7-8,17H,1-6,9-12H2,(H,18,19). The number of anilines is 1. The third kappa shape index (κ3) is 4.78. The number of fused-ring (bicyclic) bond motifs is 1. The molecule has 0 spiro atoms. The number of rotatable bonds is 8. The summed E-state index contributed by atoms with van der Waals surface area (Å²) in [6.07, 6.45) is 6.26. The number of hydrogen-bond donors (Lipinski definition) is 2. The molecule has 1 aliphatic heterocycles. The maximum absolute atomic E-state index is 11.9. The minimum atomic E-state index is -0.223. The van der Waals surface area contributed by atoms with E-state index in [1.807, 2.05) is 0 Å². The Morgan fingerprint density at radius 1 is 1.21 bits per heavy atom. The highest BCUT2D eigenvalue weighted by molar-refractivity contribution is 5.46. The van der Waals surface area contributed by atoms with Crippen molar-refractivity contribution < 1.29 is 4.39 Å². The van der Waals surface area contributed by atoms with Gasteiger partial charge < -0.3 is 10.6 Å². The van der Waals surface area contributed by atoms with Gasteiger partial charge in [0.25, 0.3) is 0 Å². The van der Waals surface area contributed by atoms with Gasteiger partial charge >= 0.3 is 0 Å². The van der Waals surface area contributed by atoms with Crippen molar-refractivity contribution in [3.8, 4) is 0 Å². The third-order valence-electron chi connectivity index (χ3n) is 3.48. The fourth-order valence-corrected chi connectivity index (χ4v) is 2.38. The summed E-state index contributed by atoms with van der Waals surface area (Å²) >= 11 is 0. The highest BCUT2D eigenvalue weighted by atomic mass is 19.1. The normalized spacial score (nSPS) is 13.9. The van der Waals surface area contributed by atoms with Crippen LogP contribution in [0.15, 0.2) is 12.1 Å². The molecule has 0 aliphatic carbocycles. The van der Waals surface area contributed by atoms with E-state index in [9.17, 15) is 4.39 Å². The Morgan fingerprint density at radius 2 is 2.11 bits per heavy atom. The Hall–Kier alpha value is -1.16. The van der Waals surface area contributed by atoms with Gasteiger partial charge in [-0.25, -0.2) is 4.98 Å². The van der Waals surface area contributed by atoms with Crippen molar-refractivity contribution in [1.82, 2.24) is 10.3 Å². The summed E-state index contributed by atoms with van der Waals surface area (Å²) in [5, 5.41) is 6.62. The van der Waals surface area contributed by atoms with Crippen LogP contribution in [0.25, 0.3) is 0 Å². The molecule has 4 heteroatoms. The number of aromatic nitrogens is 1. The van der Waals surface area contributed by atoms with Gasteiger partial charge in [-0.3, -0.25) is 4.39 Å². The zero-order valence-electron chi connectivity index (χ0n) is 11.6. The molecule has 1 aromatic rings. The van der Waals surface area contributed by atoms with E-state index in [0.29, 0.717) is 6.42 Å². The Bertz CT molecular complexity index is 382. The molecule has 2 N–H and O–H groups in total. The van der Waals surface area contributed by atoms with Gasteiger partial charge in [0.1, 0.15) is 5.82 Å². The molecule has 0 unspecified atom stereocenters. The average Bonchev–Trinajstić information content (AvgIpc) is 2.46. The van der Waals surface area contributed by atoms with Crippen LogP contribution in [0, 0.1) is 0 Å². The second-order valence-electron chi connectivity index (χ2n) is 5.09. The number of nitrogens with one attached hydrogen (secondary N) is 2. The number of halogens is 1. The molecule has 106 valence electrons. The van der Waals surface area contributed by atoms with Gasteiger partial charge in [-0.15, -0.1) is 0 Å². The molecule has 0 fully saturated rings. The molecule has 19 heavy (non-hydrogen) atoms. The number of pyridine rings is 1. The number of unbranched alkanes of at least 4 members (excludes halogenated alkanes) is 1. The van der Waals surface area contributed by atoms with Crippen molar-refractivity contribution in [2.45, 2.75) is 38.5 Å². The molecule has 1 aromatic heterocycles. The van der Waals surface area contributed by atoms with Crippen molar-refractivity contribution in [2.24, 2.45) is 0 Å². The molecule has 2 heterocycles. The van der Waals surface area contributed by atoms with E-state index in [-0.39, 0.29) is 6.67 Å². The lowest BCUT2D eigenvalue weighted by Crippen LogP contribution is -2.17. The van der Waals surface area contributed by atoms with E-state index in [1.54, 1.807) is 0 Å². The lowest BCUT2D eigenvalue weighted by Gasteiger charge is -2.17. The van der Waals surface area contributed by atoms with Gasteiger partial charge in [-0.1, -0.05) is 6.07 Å². The summed E-state index contributed by atoms with van der Waals surface area (Å²) in [5.74, 6) is 1.09. The van der Waals surface area contributed by atoms with E-state index in [2.05, 4.69) is 27.8 Å². The zero-order chi connectivity index (χ0) is 13.3. The summed E-state index contributed by atoms with van der Waals surface area (Å²) in [7, 11) is 0. The average molecular weight is 265 g/mol. The summed E-state index contributed by atoms with van der Waals surface area (Å²) < 4.78 is 11.9. The largest absolute Gasteiger partial charge is 0.370 e. The Labute approximate surface area is 115 Å². The zero-order valence-corrected chi connectivity index (χ0v) is 11.6. The Morgan fingerprint density at radius 3 is 3.00 bits per heavy atom. The molecule has 0 atom stereocenters. The number of nitrogens with zero attached hydrogens (tertiary/aromatic N) is 1. The molecule has 0 amide bonds. The van der Waals surface area contributed by atoms with Crippen LogP contribution in [0.5, 0.6) is 0 Å². The molecule has 0 saturated heterocycles. The number of alkyl halides is 1. The van der Waals surface area contributed by atoms with Crippen LogP contribution in [-0.4, -0.2) is 31.3 Å². The van der Waals surface area contributed by atoms with E-state index >= 15 is 0 Å². The SMILES string of the molecule is FCCCNCCCCc1ccc2c(n1)NCCC2. The highest BCUT2D eigenvalue weighted by Gasteiger charge is 2.09. The van der Waals surface area contributed by atoms with Crippen LogP contribution >= 0.6 is 0 Å². The predicted molar refractivity (Wildman–Crippen MR) is 77.4 cm³/mol. The highest BCUT2D eigenvalue weighted by Crippen LogP contribution is 2.20. The smallest absolute Gasteiger partial charge is 0.129 e. The lowest BCUT2D eigenvalue weighted by molar-refractivity contribution is 0.457. The molecular formula is C15H24FN3. The monoisotopic (exact) mass is 265 g/mol. The maximum atomic E-state index is 11.9. The molecular weight excluding hydrogens is 241 g/mol. The second-order valence-corrected chi connectivity index (χ2v) is 5.09. The Balaban J connectivity index is 1.66. The number of hydrogen-bond acceptors (Lipinski definition) is 3. The van der Waals surface area contributed by atoms with Crippen LogP contribution < -0.4 is 10.6 Å². The van der Waals surface area contributed by atoms with Crippen molar-refractivity contribution in [3.63, 3.8) is 0 Å². The van der Waals surface area contributed by atoms with E-state index < -0.39 is 0 Å². The molecule has 0 bridgehead atoms. The van der Waals surface area contributed by atoms with E-state index in [1.165, 1.54) is 17.7 Å². The van der Waals surface area contributed by atoms with Crippen LogP contribution in [0.1, 0.15) is 36.9 Å². The van der Waals surface area contributed by atoms with E-state index in [4.69, 9.17) is 0 Å². The van der Waals surface area contributed by atoms with Crippen LogP contribution in [0.4, 0.5) is 10.2 Å². The molecule has 0 aromatic carbocycles. The Kier molecular flexibility index (Phi) is 6.08. The van der Waals surface area contributed by atoms with Crippen molar-refractivity contribution in [3.05, 3.63) is 23.4 Å². The van der Waals surface area contributed by atoms with Gasteiger partial charge in [0, 0.05) is 12.2 Å². The minimum Gasteiger partial charge on any atom is -0.370 e. The third-order valence-corrected chi connectivity index (χ3v) is 3.48. The summed E-state index contributed by atoms with van der Waals surface area (Å²) in [4.78, 5) is 4.68. The first-order valence-corrected chi connectivity index (χ1v) is 7.39. The number of aryl methyl sites for hydroxylation is 2. The first-order valence-electron chi connectivity index (χ1n) is 7.39. The molecule has 1 aliphatic rings. The molecule has 2 rings (SSSR count). The summed E-state index contributed by atoms with van der Waals surface area (Å²) in [5.41, 5.74) is 2.53. The fourth-order valence-electron chi connectivity index (χ4n) is 2.38. The summed E-state index contributed by atoms with van der Waals surface area (Å²) in [6, 6.07) is 4.37. The van der Waals surface area contributed by atoms with Gasteiger partial charge in [-0.05, 0) is 63.2 Å². The topological polar surface area (TPSA) is 37.0 Å². The molecule has 3 nitrogen and oxygen atoms in total. The predicted octanol–water partition coefficient (Wildman–Crippen LogP) is 2.71. The summed E-state index contributed by atoms with van der Waals surface area (Å²) in [6.45, 7) is 2.59. The van der Waals surface area contributed by atoms with Gasteiger partial charge in [0.15, 0.2) is 0 Å². The fraction of sp³-hybridized carbons (Fsp3) is 0.667. The van der Waals surface area contributed by atoms with E-state index in [0.717, 1.165) is 51.1 Å². The van der Waals surface area contributed by atoms with Crippen molar-refractivity contribution in [2.75, 3.05) is 31.6 Å². The maximum Gasteiger partial charge on any atom is 0.129 e. The first kappa shape index (κ1) is 14.3. The lowest BCUT2D eigenvalue weighted by atomic mass is 10.1.